The van der Waals surface area contributed by atoms with E-state index in [0.717, 1.165) is 69.6 Å². The first kappa shape index (κ1) is 55.4. The molecule has 0 amide bonds. The number of ether oxygens (including phenoxy) is 3. The smallest absolute Gasteiger partial charge is 0.306 e. The summed E-state index contributed by atoms with van der Waals surface area (Å²) in [6.07, 6.45) is 43.7. The van der Waals surface area contributed by atoms with Crippen molar-refractivity contribution in [2.45, 2.75) is 285 Å². The van der Waals surface area contributed by atoms with E-state index in [9.17, 15) is 14.4 Å². The second-order valence-corrected chi connectivity index (χ2v) is 18.2. The minimum atomic E-state index is -0.760. The Morgan fingerprint density at radius 1 is 0.368 bits per heavy atom. The van der Waals surface area contributed by atoms with E-state index in [2.05, 4.69) is 34.6 Å². The van der Waals surface area contributed by atoms with Crippen molar-refractivity contribution < 1.29 is 28.6 Å². The van der Waals surface area contributed by atoms with Gasteiger partial charge >= 0.3 is 17.9 Å². The Morgan fingerprint density at radius 3 is 1.00 bits per heavy atom. The van der Waals surface area contributed by atoms with Gasteiger partial charge in [0.2, 0.25) is 0 Å². The standard InChI is InChI=1S/C51H98O6/c1-6-8-9-10-11-19-28-33-38-43-51(54)57-48(45-56-50(53)42-37-32-27-23-18-20-24-29-34-39-46(3)4)44-55-49(52)41-36-31-26-22-17-15-13-12-14-16-21-25-30-35-40-47(5)7-2/h46-48H,6-45H2,1-5H3/t47?,48-/m1/s1. The summed E-state index contributed by atoms with van der Waals surface area (Å²) in [7, 11) is 0. The highest BCUT2D eigenvalue weighted by atomic mass is 16.6. The third kappa shape index (κ3) is 43.8. The first-order chi connectivity index (χ1) is 27.8. The molecule has 0 aromatic carbocycles. The number of esters is 3. The molecule has 0 aliphatic heterocycles. The zero-order valence-electron chi connectivity index (χ0n) is 39.0. The molecule has 0 bridgehead atoms. The van der Waals surface area contributed by atoms with Gasteiger partial charge in [0.25, 0.3) is 0 Å². The normalized spacial score (nSPS) is 12.5. The lowest BCUT2D eigenvalue weighted by Gasteiger charge is -2.18. The average molecular weight is 807 g/mol. The number of unbranched alkanes of at least 4 members (excludes halogenated alkanes) is 29. The van der Waals surface area contributed by atoms with Crippen molar-refractivity contribution in [3.05, 3.63) is 0 Å². The lowest BCUT2D eigenvalue weighted by molar-refractivity contribution is -0.167. The first-order valence-electron chi connectivity index (χ1n) is 25.3. The molecule has 338 valence electrons. The predicted octanol–water partition coefficient (Wildman–Crippen LogP) is 16.1. The molecule has 0 heterocycles. The third-order valence-electron chi connectivity index (χ3n) is 11.8. The maximum Gasteiger partial charge on any atom is 0.306 e. The van der Waals surface area contributed by atoms with Crippen LogP contribution >= 0.6 is 0 Å². The largest absolute Gasteiger partial charge is 0.462 e. The fourth-order valence-corrected chi connectivity index (χ4v) is 7.60. The average Bonchev–Trinajstić information content (AvgIpc) is 3.19. The van der Waals surface area contributed by atoms with Gasteiger partial charge in [-0.3, -0.25) is 14.4 Å². The maximum atomic E-state index is 12.7. The Kier molecular flexibility index (Phi) is 42.7. The molecule has 0 aliphatic rings. The summed E-state index contributed by atoms with van der Waals surface area (Å²) in [5.41, 5.74) is 0. The van der Waals surface area contributed by atoms with E-state index in [0.29, 0.717) is 19.3 Å². The molecule has 0 saturated carbocycles. The van der Waals surface area contributed by atoms with Gasteiger partial charge in [-0.25, -0.2) is 0 Å². The Labute approximate surface area is 355 Å². The van der Waals surface area contributed by atoms with Crippen molar-refractivity contribution in [1.82, 2.24) is 0 Å². The van der Waals surface area contributed by atoms with Gasteiger partial charge in [-0.1, -0.05) is 240 Å². The van der Waals surface area contributed by atoms with Gasteiger partial charge in [0.15, 0.2) is 6.10 Å². The van der Waals surface area contributed by atoms with Gasteiger partial charge in [0.1, 0.15) is 13.2 Å². The summed E-state index contributed by atoms with van der Waals surface area (Å²) >= 11 is 0. The number of hydrogen-bond acceptors (Lipinski definition) is 6. The monoisotopic (exact) mass is 807 g/mol. The molecule has 0 rings (SSSR count). The van der Waals surface area contributed by atoms with Crippen LogP contribution in [0.1, 0.15) is 279 Å². The zero-order chi connectivity index (χ0) is 41.9. The highest BCUT2D eigenvalue weighted by Gasteiger charge is 2.19. The van der Waals surface area contributed by atoms with Crippen molar-refractivity contribution in [2.75, 3.05) is 13.2 Å². The van der Waals surface area contributed by atoms with E-state index in [1.807, 2.05) is 0 Å². The molecule has 2 atom stereocenters. The number of carbonyl (C=O) groups excluding carboxylic acids is 3. The first-order valence-corrected chi connectivity index (χ1v) is 25.3. The van der Waals surface area contributed by atoms with Gasteiger partial charge in [0.05, 0.1) is 0 Å². The Bertz CT molecular complexity index is 872. The van der Waals surface area contributed by atoms with Crippen molar-refractivity contribution in [2.24, 2.45) is 11.8 Å². The van der Waals surface area contributed by atoms with Crippen LogP contribution in [0.15, 0.2) is 0 Å². The molecule has 6 nitrogen and oxygen atoms in total. The number of carbonyl (C=O) groups is 3. The van der Waals surface area contributed by atoms with Crippen molar-refractivity contribution >= 4 is 17.9 Å². The van der Waals surface area contributed by atoms with Crippen LogP contribution in [0.5, 0.6) is 0 Å². The van der Waals surface area contributed by atoms with Crippen molar-refractivity contribution in [1.29, 1.82) is 0 Å². The Hall–Kier alpha value is -1.59. The van der Waals surface area contributed by atoms with Crippen molar-refractivity contribution in [3.8, 4) is 0 Å². The number of hydrogen-bond donors (Lipinski definition) is 0. The fraction of sp³-hybridized carbons (Fsp3) is 0.941. The van der Waals surface area contributed by atoms with Crippen molar-refractivity contribution in [3.63, 3.8) is 0 Å². The Morgan fingerprint density at radius 2 is 0.667 bits per heavy atom. The zero-order valence-corrected chi connectivity index (χ0v) is 39.0. The molecule has 0 radical (unpaired) electrons. The van der Waals surface area contributed by atoms with Crippen LogP contribution in [-0.4, -0.2) is 37.2 Å². The summed E-state index contributed by atoms with van der Waals surface area (Å²) in [5, 5.41) is 0. The lowest BCUT2D eigenvalue weighted by Crippen LogP contribution is -2.30. The minimum absolute atomic E-state index is 0.0642. The van der Waals surface area contributed by atoms with Crippen LogP contribution < -0.4 is 0 Å². The topological polar surface area (TPSA) is 78.9 Å². The minimum Gasteiger partial charge on any atom is -0.462 e. The summed E-state index contributed by atoms with van der Waals surface area (Å²) < 4.78 is 16.8. The summed E-state index contributed by atoms with van der Waals surface area (Å²) in [4.78, 5) is 37.8. The van der Waals surface area contributed by atoms with E-state index in [1.165, 1.54) is 167 Å². The molecule has 0 saturated heterocycles. The van der Waals surface area contributed by atoms with E-state index in [1.54, 1.807) is 0 Å². The molecule has 6 heteroatoms. The molecular weight excluding hydrogens is 709 g/mol. The molecule has 0 N–H and O–H groups in total. The van der Waals surface area contributed by atoms with Crippen LogP contribution in [-0.2, 0) is 28.6 Å². The highest BCUT2D eigenvalue weighted by molar-refractivity contribution is 5.71. The van der Waals surface area contributed by atoms with Gasteiger partial charge in [-0.2, -0.15) is 0 Å². The molecule has 0 fully saturated rings. The lowest BCUT2D eigenvalue weighted by atomic mass is 9.99. The Balaban J connectivity index is 4.23. The maximum absolute atomic E-state index is 12.7. The van der Waals surface area contributed by atoms with E-state index >= 15 is 0 Å². The predicted molar refractivity (Wildman–Crippen MR) is 243 cm³/mol. The van der Waals surface area contributed by atoms with Crippen LogP contribution in [0.25, 0.3) is 0 Å². The molecule has 0 aromatic heterocycles. The molecule has 1 unspecified atom stereocenters. The van der Waals surface area contributed by atoms with Crippen LogP contribution in [0.2, 0.25) is 0 Å². The van der Waals surface area contributed by atoms with Crippen LogP contribution in [0.4, 0.5) is 0 Å². The van der Waals surface area contributed by atoms with Crippen LogP contribution in [0, 0.1) is 11.8 Å². The van der Waals surface area contributed by atoms with Gasteiger partial charge in [-0.05, 0) is 31.1 Å². The van der Waals surface area contributed by atoms with E-state index in [-0.39, 0.29) is 31.1 Å². The van der Waals surface area contributed by atoms with E-state index in [4.69, 9.17) is 14.2 Å². The van der Waals surface area contributed by atoms with Crippen LogP contribution in [0.3, 0.4) is 0 Å². The van der Waals surface area contributed by atoms with E-state index < -0.39 is 6.10 Å². The third-order valence-corrected chi connectivity index (χ3v) is 11.8. The molecule has 0 aliphatic carbocycles. The molecule has 0 aromatic rings. The van der Waals surface area contributed by atoms with Gasteiger partial charge < -0.3 is 14.2 Å². The second-order valence-electron chi connectivity index (χ2n) is 18.2. The van der Waals surface area contributed by atoms with Gasteiger partial charge in [0, 0.05) is 19.3 Å². The summed E-state index contributed by atoms with van der Waals surface area (Å²) in [6.45, 7) is 11.4. The highest BCUT2D eigenvalue weighted by Crippen LogP contribution is 2.18. The molecule has 57 heavy (non-hydrogen) atoms. The fourth-order valence-electron chi connectivity index (χ4n) is 7.60. The molecule has 0 spiro atoms. The van der Waals surface area contributed by atoms with Gasteiger partial charge in [-0.15, -0.1) is 0 Å². The summed E-state index contributed by atoms with van der Waals surface area (Å²) in [6, 6.07) is 0. The molecular formula is C51H98O6. The quantitative estimate of drug-likeness (QED) is 0.0346. The number of rotatable bonds is 45. The second kappa shape index (κ2) is 44.0. The summed E-state index contributed by atoms with van der Waals surface area (Å²) in [5.74, 6) is 0.851. The SMILES string of the molecule is CCCCCCCCCCCC(=O)O[C@H](COC(=O)CCCCCCCCCCCCCCCCC(C)CC)COC(=O)CCCCCCCCCCCC(C)C.